The molecular formula is C29H35NO3. The minimum atomic E-state index is -0.0269. The molecule has 0 bridgehead atoms. The number of hydrogen-bond donors (Lipinski definition) is 1. The summed E-state index contributed by atoms with van der Waals surface area (Å²) >= 11 is 0. The van der Waals surface area contributed by atoms with Crippen LogP contribution in [-0.2, 0) is 4.79 Å². The molecule has 1 amide bonds. The first-order valence-corrected chi connectivity index (χ1v) is 12.0. The molecule has 3 aromatic rings. The number of hydrogen-bond acceptors (Lipinski definition) is 3. The number of ether oxygens (including phenoxy) is 1. The molecule has 1 fully saturated rings. The van der Waals surface area contributed by atoms with Crippen molar-refractivity contribution in [2.45, 2.75) is 72.3 Å². The van der Waals surface area contributed by atoms with Crippen LogP contribution in [0.15, 0.2) is 41.0 Å². The fraction of sp³-hybridized carbons (Fsp3) is 0.414. The number of aryl methyl sites for hydroxylation is 3. The lowest BCUT2D eigenvalue weighted by Crippen LogP contribution is -2.33. The van der Waals surface area contributed by atoms with Gasteiger partial charge in [-0.2, -0.15) is 0 Å². The Morgan fingerprint density at radius 3 is 2.45 bits per heavy atom. The lowest BCUT2D eigenvalue weighted by atomic mass is 9.94. The molecule has 0 aliphatic heterocycles. The summed E-state index contributed by atoms with van der Waals surface area (Å²) in [7, 11) is 1.67. The number of carbonyl (C=O) groups excluding carboxylic acids is 1. The number of benzene rings is 2. The summed E-state index contributed by atoms with van der Waals surface area (Å²) in [4.78, 5) is 12.8. The fourth-order valence-corrected chi connectivity index (χ4v) is 5.14. The van der Waals surface area contributed by atoms with Crippen molar-refractivity contribution in [2.75, 3.05) is 7.11 Å². The molecule has 0 spiro atoms. The summed E-state index contributed by atoms with van der Waals surface area (Å²) in [6.07, 6.45) is 10.6. The van der Waals surface area contributed by atoms with Crippen LogP contribution in [0, 0.1) is 20.8 Å². The summed E-state index contributed by atoms with van der Waals surface area (Å²) < 4.78 is 11.8. The monoisotopic (exact) mass is 445 g/mol. The molecule has 0 unspecified atom stereocenters. The number of allylic oxidation sites excluding steroid dienone is 1. The quantitative estimate of drug-likeness (QED) is 0.332. The lowest BCUT2D eigenvalue weighted by molar-refractivity contribution is -0.117. The maximum atomic E-state index is 12.8. The molecule has 1 aliphatic carbocycles. The Labute approximate surface area is 197 Å². The highest BCUT2D eigenvalue weighted by Gasteiger charge is 2.20. The second-order valence-corrected chi connectivity index (χ2v) is 9.45. The van der Waals surface area contributed by atoms with Gasteiger partial charge in [0.05, 0.1) is 13.4 Å². The summed E-state index contributed by atoms with van der Waals surface area (Å²) in [5.41, 5.74) is 8.23. The van der Waals surface area contributed by atoms with Crippen molar-refractivity contribution in [3.8, 4) is 16.9 Å². The Hall–Kier alpha value is -3.01. The van der Waals surface area contributed by atoms with Crippen molar-refractivity contribution < 1.29 is 13.9 Å². The van der Waals surface area contributed by atoms with E-state index in [1.165, 1.54) is 36.8 Å². The van der Waals surface area contributed by atoms with Gasteiger partial charge >= 0.3 is 0 Å². The molecule has 4 nitrogen and oxygen atoms in total. The third kappa shape index (κ3) is 4.85. The van der Waals surface area contributed by atoms with Gasteiger partial charge in [-0.3, -0.25) is 4.79 Å². The van der Waals surface area contributed by atoms with Gasteiger partial charge in [0.15, 0.2) is 0 Å². The number of furan rings is 1. The number of amides is 1. The Balaban J connectivity index is 1.73. The van der Waals surface area contributed by atoms with E-state index in [0.29, 0.717) is 0 Å². The standard InChI is InChI=1S/C29H35NO3/c1-18-12-13-23(19(2)14-18)26-17-33-29-21(4)28(32-5)24(16-25(26)29)20(3)15-27(31)30-22-10-8-6-7-9-11-22/h12-17,22H,6-11H2,1-5H3,(H,30,31)/b20-15+. The molecular weight excluding hydrogens is 410 g/mol. The zero-order valence-electron chi connectivity index (χ0n) is 20.5. The second kappa shape index (κ2) is 9.86. The van der Waals surface area contributed by atoms with Crippen LogP contribution < -0.4 is 10.1 Å². The third-order valence-corrected chi connectivity index (χ3v) is 6.89. The van der Waals surface area contributed by atoms with Crippen molar-refractivity contribution in [3.63, 3.8) is 0 Å². The van der Waals surface area contributed by atoms with Gasteiger partial charge in [-0.05, 0) is 63.3 Å². The zero-order chi connectivity index (χ0) is 23.5. The first-order chi connectivity index (χ1) is 15.9. The number of rotatable bonds is 5. The molecule has 1 aromatic heterocycles. The van der Waals surface area contributed by atoms with Crippen LogP contribution in [0.25, 0.3) is 27.7 Å². The fourth-order valence-electron chi connectivity index (χ4n) is 5.14. The van der Waals surface area contributed by atoms with Crippen molar-refractivity contribution in [1.29, 1.82) is 0 Å². The van der Waals surface area contributed by atoms with Gasteiger partial charge in [-0.15, -0.1) is 0 Å². The molecule has 2 aromatic carbocycles. The van der Waals surface area contributed by atoms with Gasteiger partial charge in [0.2, 0.25) is 5.91 Å². The highest BCUT2D eigenvalue weighted by molar-refractivity contribution is 6.02. The molecule has 4 heteroatoms. The van der Waals surface area contributed by atoms with Crippen molar-refractivity contribution in [1.82, 2.24) is 5.32 Å². The van der Waals surface area contributed by atoms with Crippen LogP contribution in [0.1, 0.15) is 67.7 Å². The van der Waals surface area contributed by atoms with Crippen LogP contribution in [-0.4, -0.2) is 19.1 Å². The van der Waals surface area contributed by atoms with Crippen LogP contribution in [0.5, 0.6) is 5.75 Å². The van der Waals surface area contributed by atoms with E-state index in [-0.39, 0.29) is 11.9 Å². The predicted octanol–water partition coefficient (Wildman–Crippen LogP) is 7.28. The van der Waals surface area contributed by atoms with E-state index in [4.69, 9.17) is 9.15 Å². The number of fused-ring (bicyclic) bond motifs is 1. The molecule has 1 saturated carbocycles. The van der Waals surface area contributed by atoms with Gasteiger partial charge in [0.1, 0.15) is 11.3 Å². The largest absolute Gasteiger partial charge is 0.496 e. The van der Waals surface area contributed by atoms with Crippen LogP contribution in [0.2, 0.25) is 0 Å². The summed E-state index contributed by atoms with van der Waals surface area (Å²) in [5.74, 6) is 0.723. The minimum absolute atomic E-state index is 0.0269. The van der Waals surface area contributed by atoms with Crippen LogP contribution in [0.4, 0.5) is 0 Å². The summed E-state index contributed by atoms with van der Waals surface area (Å²) in [6.45, 7) is 8.22. The van der Waals surface area contributed by atoms with Crippen molar-refractivity contribution >= 4 is 22.4 Å². The summed E-state index contributed by atoms with van der Waals surface area (Å²) in [5, 5.41) is 4.25. The van der Waals surface area contributed by atoms with Gasteiger partial charge in [-0.25, -0.2) is 0 Å². The maximum Gasteiger partial charge on any atom is 0.244 e. The molecule has 0 atom stereocenters. The van der Waals surface area contributed by atoms with E-state index in [2.05, 4.69) is 43.4 Å². The van der Waals surface area contributed by atoms with Gasteiger partial charge < -0.3 is 14.5 Å². The minimum Gasteiger partial charge on any atom is -0.496 e. The van der Waals surface area contributed by atoms with E-state index in [0.717, 1.165) is 57.4 Å². The summed E-state index contributed by atoms with van der Waals surface area (Å²) in [6, 6.07) is 8.84. The van der Waals surface area contributed by atoms with E-state index in [9.17, 15) is 4.79 Å². The molecule has 174 valence electrons. The molecule has 0 saturated heterocycles. The third-order valence-electron chi connectivity index (χ3n) is 6.89. The Morgan fingerprint density at radius 2 is 1.79 bits per heavy atom. The van der Waals surface area contributed by atoms with Crippen molar-refractivity contribution in [2.24, 2.45) is 0 Å². The highest BCUT2D eigenvalue weighted by atomic mass is 16.5. The Morgan fingerprint density at radius 1 is 1.06 bits per heavy atom. The zero-order valence-corrected chi connectivity index (χ0v) is 20.5. The number of methoxy groups -OCH3 is 1. The van der Waals surface area contributed by atoms with Gasteiger partial charge in [0.25, 0.3) is 0 Å². The first-order valence-electron chi connectivity index (χ1n) is 12.0. The number of nitrogens with one attached hydrogen (secondary N) is 1. The van der Waals surface area contributed by atoms with Crippen molar-refractivity contribution in [3.05, 3.63) is 58.9 Å². The Kier molecular flexibility index (Phi) is 6.92. The van der Waals surface area contributed by atoms with Crippen LogP contribution in [0.3, 0.4) is 0 Å². The smallest absolute Gasteiger partial charge is 0.244 e. The topological polar surface area (TPSA) is 51.5 Å². The molecule has 1 N–H and O–H groups in total. The molecule has 1 heterocycles. The highest BCUT2D eigenvalue weighted by Crippen LogP contribution is 2.41. The van der Waals surface area contributed by atoms with Gasteiger partial charge in [-0.1, -0.05) is 49.4 Å². The lowest BCUT2D eigenvalue weighted by Gasteiger charge is -2.16. The normalized spacial score (nSPS) is 15.5. The van der Waals surface area contributed by atoms with E-state index in [1.54, 1.807) is 13.2 Å². The molecule has 1 aliphatic rings. The van der Waals surface area contributed by atoms with Gasteiger partial charge in [0, 0.05) is 34.2 Å². The molecule has 4 rings (SSSR count). The Bertz CT molecular complexity index is 1190. The molecule has 0 radical (unpaired) electrons. The van der Waals surface area contributed by atoms with E-state index >= 15 is 0 Å². The maximum absolute atomic E-state index is 12.8. The first kappa shape index (κ1) is 23.2. The molecule has 33 heavy (non-hydrogen) atoms. The van der Waals surface area contributed by atoms with E-state index in [1.807, 2.05) is 20.1 Å². The average Bonchev–Trinajstić information content (AvgIpc) is 3.02. The predicted molar refractivity (Wildman–Crippen MR) is 136 cm³/mol. The van der Waals surface area contributed by atoms with Crippen LogP contribution >= 0.6 is 0 Å². The SMILES string of the molecule is COc1c(/C(C)=C/C(=O)NC2CCCCCC2)cc2c(-c3ccc(C)cc3C)coc2c1C. The average molecular weight is 446 g/mol. The van der Waals surface area contributed by atoms with E-state index < -0.39 is 0 Å². The number of carbonyl (C=O) groups is 1. The second-order valence-electron chi connectivity index (χ2n) is 9.45.